The lowest BCUT2D eigenvalue weighted by Gasteiger charge is -2.32. The van der Waals surface area contributed by atoms with Crippen molar-refractivity contribution in [3.8, 4) is 0 Å². The van der Waals surface area contributed by atoms with Gasteiger partial charge in [0.05, 0.1) is 24.4 Å². The lowest BCUT2D eigenvalue weighted by molar-refractivity contribution is -0.137. The molecule has 2 aromatic rings. The van der Waals surface area contributed by atoms with Crippen LogP contribution in [0.1, 0.15) is 89.7 Å². The highest BCUT2D eigenvalue weighted by Gasteiger charge is 2.43. The van der Waals surface area contributed by atoms with Gasteiger partial charge in [-0.15, -0.1) is 0 Å². The minimum atomic E-state index is -0.785. The molecule has 0 aromatic heterocycles. The minimum absolute atomic E-state index is 0.0957. The summed E-state index contributed by atoms with van der Waals surface area (Å²) >= 11 is 0. The molecule has 1 N–H and O–H groups in total. The normalized spacial score (nSPS) is 19.9. The van der Waals surface area contributed by atoms with E-state index < -0.39 is 11.6 Å². The molecule has 0 radical (unpaired) electrons. The number of benzene rings is 2. The van der Waals surface area contributed by atoms with Gasteiger partial charge in [-0.1, -0.05) is 111 Å². The molecule has 234 valence electrons. The van der Waals surface area contributed by atoms with Crippen molar-refractivity contribution in [1.29, 1.82) is 0 Å². The largest absolute Gasteiger partial charge is 0.481 e. The molecular formula is C37H50O6. The van der Waals surface area contributed by atoms with Gasteiger partial charge < -0.3 is 19.3 Å². The Kier molecular flexibility index (Phi) is 14.9. The van der Waals surface area contributed by atoms with Crippen molar-refractivity contribution in [2.75, 3.05) is 6.79 Å². The average molecular weight is 591 g/mol. The summed E-state index contributed by atoms with van der Waals surface area (Å²) in [5, 5.41) is 8.90. The Morgan fingerprint density at radius 1 is 1.02 bits per heavy atom. The van der Waals surface area contributed by atoms with E-state index in [9.17, 15) is 9.59 Å². The number of Topliss-reactive ketones (excluding diaryl/α,β-unsaturated/α-hetero) is 1. The Bertz CT molecular complexity index is 1140. The third-order valence-corrected chi connectivity index (χ3v) is 8.06. The molecule has 1 aliphatic carbocycles. The Morgan fingerprint density at radius 3 is 2.44 bits per heavy atom. The van der Waals surface area contributed by atoms with Gasteiger partial charge in [0.15, 0.2) is 0 Å². The number of carboxylic acids is 1. The van der Waals surface area contributed by atoms with Gasteiger partial charge >= 0.3 is 5.97 Å². The molecule has 0 saturated heterocycles. The van der Waals surface area contributed by atoms with Gasteiger partial charge in [0.2, 0.25) is 0 Å². The molecule has 6 heteroatoms. The van der Waals surface area contributed by atoms with E-state index in [2.05, 4.69) is 45.1 Å². The van der Waals surface area contributed by atoms with E-state index in [1.54, 1.807) is 0 Å². The predicted molar refractivity (Wildman–Crippen MR) is 170 cm³/mol. The molecule has 0 amide bonds. The number of aliphatic carboxylic acids is 1. The zero-order valence-corrected chi connectivity index (χ0v) is 26.2. The number of rotatable bonds is 20. The van der Waals surface area contributed by atoms with Crippen LogP contribution in [0.4, 0.5) is 0 Å². The number of ether oxygens (including phenoxy) is 3. The number of unbranched alkanes of at least 4 members (excludes halogenated alkanes) is 3. The van der Waals surface area contributed by atoms with Gasteiger partial charge in [-0.05, 0) is 50.7 Å². The zero-order valence-electron chi connectivity index (χ0n) is 26.2. The van der Waals surface area contributed by atoms with E-state index >= 15 is 0 Å². The fourth-order valence-corrected chi connectivity index (χ4v) is 5.60. The molecule has 1 saturated carbocycles. The fourth-order valence-electron chi connectivity index (χ4n) is 5.60. The van der Waals surface area contributed by atoms with Crippen molar-refractivity contribution < 1.29 is 28.9 Å². The van der Waals surface area contributed by atoms with Gasteiger partial charge in [-0.3, -0.25) is 9.59 Å². The predicted octanol–water partition coefficient (Wildman–Crippen LogP) is 8.41. The van der Waals surface area contributed by atoms with Gasteiger partial charge in [0.25, 0.3) is 0 Å². The van der Waals surface area contributed by atoms with Gasteiger partial charge in [0.1, 0.15) is 12.6 Å². The lowest BCUT2D eigenvalue weighted by atomic mass is 9.89. The van der Waals surface area contributed by atoms with Crippen LogP contribution in [0.3, 0.4) is 0 Å². The SMILES string of the molecule is CCCCC[C@H](/C=C/[C@H]1[C@@H](OC(C)(C)c2ccccc2)CC(=O)[C@@H]1C/C=C\CCCC(=O)O)OCOCc1ccccc1. The van der Waals surface area contributed by atoms with Crippen LogP contribution in [0.15, 0.2) is 85.0 Å². The van der Waals surface area contributed by atoms with Crippen molar-refractivity contribution >= 4 is 11.8 Å². The first-order valence-corrected chi connectivity index (χ1v) is 15.8. The number of allylic oxidation sites excluding steroid dienone is 2. The topological polar surface area (TPSA) is 82.1 Å². The molecule has 0 spiro atoms. The molecule has 1 fully saturated rings. The zero-order chi connectivity index (χ0) is 30.9. The molecule has 0 bridgehead atoms. The molecular weight excluding hydrogens is 540 g/mol. The smallest absolute Gasteiger partial charge is 0.303 e. The van der Waals surface area contributed by atoms with Crippen LogP contribution in [0, 0.1) is 11.8 Å². The molecule has 3 rings (SSSR count). The Labute approximate surface area is 258 Å². The first-order chi connectivity index (χ1) is 20.8. The number of hydrogen-bond acceptors (Lipinski definition) is 5. The van der Waals surface area contributed by atoms with Crippen LogP contribution in [-0.2, 0) is 36.0 Å². The van der Waals surface area contributed by atoms with E-state index in [0.29, 0.717) is 32.3 Å². The molecule has 43 heavy (non-hydrogen) atoms. The second-order valence-corrected chi connectivity index (χ2v) is 11.9. The maximum absolute atomic E-state index is 13.4. The lowest BCUT2D eigenvalue weighted by Crippen LogP contribution is -2.31. The highest BCUT2D eigenvalue weighted by molar-refractivity contribution is 5.85. The summed E-state index contributed by atoms with van der Waals surface area (Å²) in [7, 11) is 0. The van der Waals surface area contributed by atoms with Crippen LogP contribution in [0.2, 0.25) is 0 Å². The number of ketones is 1. The van der Waals surface area contributed by atoms with Crippen LogP contribution >= 0.6 is 0 Å². The Balaban J connectivity index is 1.72. The molecule has 0 aliphatic heterocycles. The summed E-state index contributed by atoms with van der Waals surface area (Å²) in [5.41, 5.74) is 1.62. The number of hydrogen-bond donors (Lipinski definition) is 1. The van der Waals surface area contributed by atoms with Crippen molar-refractivity contribution in [3.63, 3.8) is 0 Å². The average Bonchev–Trinajstić information content (AvgIpc) is 3.28. The standard InChI is InChI=1S/C37H50O6/c1-4-5-10-21-31(42-28-41-27-29-17-11-8-12-18-29)24-25-33-32(22-15-6-7-16-23-36(39)40)34(38)26-35(33)43-37(2,3)30-19-13-9-14-20-30/h6,8-9,11-15,17-20,24-25,31-33,35H,4-5,7,10,16,21-23,26-28H2,1-3H3,(H,39,40)/b15-6-,25-24+/t31-,32-,33-,35+/m1/s1. The summed E-state index contributed by atoms with van der Waals surface area (Å²) in [6.45, 7) is 7.00. The van der Waals surface area contributed by atoms with Crippen molar-refractivity contribution in [1.82, 2.24) is 0 Å². The second-order valence-electron chi connectivity index (χ2n) is 11.9. The summed E-state index contributed by atoms with van der Waals surface area (Å²) in [6.07, 6.45) is 14.5. The maximum atomic E-state index is 13.4. The van der Waals surface area contributed by atoms with Crippen LogP contribution in [0.25, 0.3) is 0 Å². The molecule has 0 unspecified atom stereocenters. The van der Waals surface area contributed by atoms with Gasteiger partial charge in [-0.2, -0.15) is 0 Å². The summed E-state index contributed by atoms with van der Waals surface area (Å²) in [4.78, 5) is 24.2. The third kappa shape index (κ3) is 12.2. The van der Waals surface area contributed by atoms with Crippen molar-refractivity contribution in [3.05, 3.63) is 96.1 Å². The van der Waals surface area contributed by atoms with E-state index in [1.165, 1.54) is 0 Å². The number of carbonyl (C=O) groups is 2. The summed E-state index contributed by atoms with van der Waals surface area (Å²) < 4.78 is 18.7. The fraction of sp³-hybridized carbons (Fsp3) is 0.514. The monoisotopic (exact) mass is 590 g/mol. The van der Waals surface area contributed by atoms with Gasteiger partial charge in [0, 0.05) is 24.7 Å². The van der Waals surface area contributed by atoms with E-state index in [1.807, 2.05) is 60.7 Å². The third-order valence-electron chi connectivity index (χ3n) is 8.06. The molecule has 4 atom stereocenters. The van der Waals surface area contributed by atoms with Crippen LogP contribution < -0.4 is 0 Å². The first kappa shape index (κ1) is 34.4. The molecule has 6 nitrogen and oxygen atoms in total. The summed E-state index contributed by atoms with van der Waals surface area (Å²) in [6, 6.07) is 20.2. The van der Waals surface area contributed by atoms with Crippen LogP contribution in [0.5, 0.6) is 0 Å². The molecule has 2 aromatic carbocycles. The highest BCUT2D eigenvalue weighted by atomic mass is 16.7. The quantitative estimate of drug-likeness (QED) is 0.0947. The minimum Gasteiger partial charge on any atom is -0.481 e. The number of carbonyl (C=O) groups excluding carboxylic acids is 1. The molecule has 0 heterocycles. The Morgan fingerprint density at radius 2 is 1.74 bits per heavy atom. The highest BCUT2D eigenvalue weighted by Crippen LogP contribution is 2.39. The van der Waals surface area contributed by atoms with Crippen LogP contribution in [-0.4, -0.2) is 35.9 Å². The van der Waals surface area contributed by atoms with Crippen molar-refractivity contribution in [2.45, 2.75) is 103 Å². The van der Waals surface area contributed by atoms with E-state index in [0.717, 1.165) is 36.8 Å². The van der Waals surface area contributed by atoms with E-state index in [4.69, 9.17) is 19.3 Å². The number of carboxylic acid groups (broad SMARTS) is 1. The van der Waals surface area contributed by atoms with Gasteiger partial charge in [-0.25, -0.2) is 0 Å². The summed E-state index contributed by atoms with van der Waals surface area (Å²) in [5.74, 6) is -0.879. The first-order valence-electron chi connectivity index (χ1n) is 15.8. The molecule has 1 aliphatic rings. The van der Waals surface area contributed by atoms with Crippen molar-refractivity contribution in [2.24, 2.45) is 11.8 Å². The van der Waals surface area contributed by atoms with E-state index in [-0.39, 0.29) is 43.0 Å². The second kappa shape index (κ2) is 18.6. The maximum Gasteiger partial charge on any atom is 0.303 e. The Hall–Kier alpha value is -3.06.